The van der Waals surface area contributed by atoms with E-state index >= 15 is 0 Å². The van der Waals surface area contributed by atoms with Crippen LogP contribution in [0.3, 0.4) is 0 Å². The Hall–Kier alpha value is -0.860. The van der Waals surface area contributed by atoms with E-state index in [1.54, 1.807) is 0 Å². The lowest BCUT2D eigenvalue weighted by Crippen LogP contribution is -2.13. The first kappa shape index (κ1) is 13.6. The van der Waals surface area contributed by atoms with Gasteiger partial charge in [-0.15, -0.1) is 0 Å². The molecule has 1 aromatic rings. The minimum absolute atomic E-state index is 0.506. The minimum atomic E-state index is 0.506. The van der Waals surface area contributed by atoms with Crippen molar-refractivity contribution in [2.75, 3.05) is 13.2 Å². The van der Waals surface area contributed by atoms with Gasteiger partial charge in [-0.2, -0.15) is 0 Å². The summed E-state index contributed by atoms with van der Waals surface area (Å²) in [6.07, 6.45) is 6.60. The first-order valence-corrected chi connectivity index (χ1v) is 7.18. The van der Waals surface area contributed by atoms with Gasteiger partial charge in [-0.05, 0) is 50.6 Å². The molecule has 100 valence electrons. The zero-order valence-electron chi connectivity index (χ0n) is 11.4. The molecular formula is C16H25NO. The number of hydrogen-bond acceptors (Lipinski definition) is 2. The number of benzene rings is 1. The smallest absolute Gasteiger partial charge is 0.0576 e. The van der Waals surface area contributed by atoms with Crippen LogP contribution >= 0.6 is 0 Å². The highest BCUT2D eigenvalue weighted by atomic mass is 16.5. The third kappa shape index (κ3) is 3.82. The second-order valence-electron chi connectivity index (χ2n) is 5.41. The lowest BCUT2D eigenvalue weighted by Gasteiger charge is -2.16. The molecule has 0 bridgehead atoms. The summed E-state index contributed by atoms with van der Waals surface area (Å²) in [5.74, 6) is 0.506. The summed E-state index contributed by atoms with van der Waals surface area (Å²) in [6, 6.07) is 8.80. The molecule has 0 aromatic heterocycles. The molecule has 0 spiro atoms. The summed E-state index contributed by atoms with van der Waals surface area (Å²) in [6.45, 7) is 3.83. The molecule has 0 saturated carbocycles. The monoisotopic (exact) mass is 247 g/mol. The second-order valence-corrected chi connectivity index (χ2v) is 5.41. The molecule has 2 heteroatoms. The molecule has 2 rings (SSSR count). The molecule has 1 aromatic carbocycles. The summed E-state index contributed by atoms with van der Waals surface area (Å²) < 4.78 is 5.66. The van der Waals surface area contributed by atoms with Crippen LogP contribution in [0.5, 0.6) is 0 Å². The summed E-state index contributed by atoms with van der Waals surface area (Å²) >= 11 is 0. The minimum Gasteiger partial charge on any atom is -0.378 e. The standard InChI is InChI=1S/C16H25NO/c1-13-7-9-14(10-8-13)15(12-17)4-2-5-16-6-3-11-18-16/h7-10,15-16H,2-6,11-12,17H2,1H3. The van der Waals surface area contributed by atoms with Gasteiger partial charge in [0.2, 0.25) is 0 Å². The molecule has 1 fully saturated rings. The fraction of sp³-hybridized carbons (Fsp3) is 0.625. The molecule has 0 amide bonds. The summed E-state index contributed by atoms with van der Waals surface area (Å²) in [4.78, 5) is 0. The van der Waals surface area contributed by atoms with E-state index < -0.39 is 0 Å². The zero-order chi connectivity index (χ0) is 12.8. The van der Waals surface area contributed by atoms with Crippen molar-refractivity contribution >= 4 is 0 Å². The normalized spacial score (nSPS) is 21.1. The van der Waals surface area contributed by atoms with Crippen LogP contribution in [0.4, 0.5) is 0 Å². The molecule has 1 aliphatic heterocycles. The van der Waals surface area contributed by atoms with E-state index in [9.17, 15) is 0 Å². The van der Waals surface area contributed by atoms with Gasteiger partial charge in [-0.1, -0.05) is 36.2 Å². The molecule has 2 N–H and O–H groups in total. The fourth-order valence-corrected chi connectivity index (χ4v) is 2.72. The molecule has 2 atom stereocenters. The van der Waals surface area contributed by atoms with Crippen LogP contribution in [-0.2, 0) is 4.74 Å². The second kappa shape index (κ2) is 6.91. The van der Waals surface area contributed by atoms with Crippen LogP contribution in [-0.4, -0.2) is 19.3 Å². The van der Waals surface area contributed by atoms with Gasteiger partial charge in [0.15, 0.2) is 0 Å². The molecule has 1 saturated heterocycles. The lowest BCUT2D eigenvalue weighted by molar-refractivity contribution is 0.101. The number of nitrogens with two attached hydrogens (primary N) is 1. The van der Waals surface area contributed by atoms with E-state index in [4.69, 9.17) is 10.5 Å². The van der Waals surface area contributed by atoms with Crippen LogP contribution < -0.4 is 5.73 Å². The average molecular weight is 247 g/mol. The SMILES string of the molecule is Cc1ccc(C(CN)CCCC2CCCO2)cc1. The highest BCUT2D eigenvalue weighted by Gasteiger charge is 2.16. The van der Waals surface area contributed by atoms with E-state index in [0.29, 0.717) is 12.0 Å². The van der Waals surface area contributed by atoms with Crippen LogP contribution in [0.25, 0.3) is 0 Å². The van der Waals surface area contributed by atoms with E-state index in [-0.39, 0.29) is 0 Å². The maximum atomic E-state index is 5.91. The Labute approximate surface area is 111 Å². The van der Waals surface area contributed by atoms with Gasteiger partial charge in [-0.3, -0.25) is 0 Å². The van der Waals surface area contributed by atoms with Crippen molar-refractivity contribution in [3.63, 3.8) is 0 Å². The molecule has 18 heavy (non-hydrogen) atoms. The van der Waals surface area contributed by atoms with E-state index in [1.165, 1.54) is 43.2 Å². The predicted octanol–water partition coefficient (Wildman–Crippen LogP) is 3.39. The number of ether oxygens (including phenoxy) is 1. The molecule has 0 radical (unpaired) electrons. The van der Waals surface area contributed by atoms with Crippen molar-refractivity contribution in [1.82, 2.24) is 0 Å². The van der Waals surface area contributed by atoms with Crippen LogP contribution in [0.15, 0.2) is 24.3 Å². The van der Waals surface area contributed by atoms with Gasteiger partial charge < -0.3 is 10.5 Å². The Bertz CT molecular complexity index is 341. The van der Waals surface area contributed by atoms with Gasteiger partial charge in [0.1, 0.15) is 0 Å². The zero-order valence-corrected chi connectivity index (χ0v) is 11.4. The van der Waals surface area contributed by atoms with E-state index in [2.05, 4.69) is 31.2 Å². The van der Waals surface area contributed by atoms with Gasteiger partial charge >= 0.3 is 0 Å². The molecule has 2 nitrogen and oxygen atoms in total. The van der Waals surface area contributed by atoms with Crippen molar-refractivity contribution in [3.05, 3.63) is 35.4 Å². The predicted molar refractivity (Wildman–Crippen MR) is 75.8 cm³/mol. The van der Waals surface area contributed by atoms with Crippen molar-refractivity contribution in [1.29, 1.82) is 0 Å². The Balaban J connectivity index is 1.79. The largest absolute Gasteiger partial charge is 0.378 e. The van der Waals surface area contributed by atoms with E-state index in [1.807, 2.05) is 0 Å². The molecule has 1 aliphatic rings. The topological polar surface area (TPSA) is 35.2 Å². The Kier molecular flexibility index (Phi) is 5.21. The lowest BCUT2D eigenvalue weighted by atomic mass is 9.92. The van der Waals surface area contributed by atoms with Crippen molar-refractivity contribution in [2.45, 2.75) is 51.0 Å². The third-order valence-electron chi connectivity index (χ3n) is 3.94. The Morgan fingerprint density at radius 3 is 2.72 bits per heavy atom. The molecule has 2 unspecified atom stereocenters. The highest BCUT2D eigenvalue weighted by Crippen LogP contribution is 2.24. The third-order valence-corrected chi connectivity index (χ3v) is 3.94. The van der Waals surface area contributed by atoms with Crippen LogP contribution in [0, 0.1) is 6.92 Å². The van der Waals surface area contributed by atoms with Crippen LogP contribution in [0.2, 0.25) is 0 Å². The Morgan fingerprint density at radius 1 is 1.33 bits per heavy atom. The van der Waals surface area contributed by atoms with Crippen molar-refractivity contribution in [2.24, 2.45) is 5.73 Å². The van der Waals surface area contributed by atoms with Crippen molar-refractivity contribution in [3.8, 4) is 0 Å². The summed E-state index contributed by atoms with van der Waals surface area (Å²) in [5.41, 5.74) is 8.60. The van der Waals surface area contributed by atoms with E-state index in [0.717, 1.165) is 13.2 Å². The number of rotatable bonds is 6. The van der Waals surface area contributed by atoms with Gasteiger partial charge in [-0.25, -0.2) is 0 Å². The van der Waals surface area contributed by atoms with Gasteiger partial charge in [0.05, 0.1) is 6.10 Å². The summed E-state index contributed by atoms with van der Waals surface area (Å²) in [5, 5.41) is 0. The summed E-state index contributed by atoms with van der Waals surface area (Å²) in [7, 11) is 0. The quantitative estimate of drug-likeness (QED) is 0.836. The first-order chi connectivity index (χ1) is 8.79. The van der Waals surface area contributed by atoms with Gasteiger partial charge in [0, 0.05) is 6.61 Å². The maximum absolute atomic E-state index is 5.91. The molecule has 1 heterocycles. The van der Waals surface area contributed by atoms with Gasteiger partial charge in [0.25, 0.3) is 0 Å². The number of aryl methyl sites for hydroxylation is 1. The number of hydrogen-bond donors (Lipinski definition) is 1. The molecule has 0 aliphatic carbocycles. The first-order valence-electron chi connectivity index (χ1n) is 7.18. The fourth-order valence-electron chi connectivity index (χ4n) is 2.72. The Morgan fingerprint density at radius 2 is 2.11 bits per heavy atom. The van der Waals surface area contributed by atoms with Crippen LogP contribution in [0.1, 0.15) is 49.1 Å². The molecular weight excluding hydrogens is 222 g/mol. The highest BCUT2D eigenvalue weighted by molar-refractivity contribution is 5.24. The van der Waals surface area contributed by atoms with Crippen molar-refractivity contribution < 1.29 is 4.74 Å². The average Bonchev–Trinajstić information content (AvgIpc) is 2.89. The maximum Gasteiger partial charge on any atom is 0.0576 e.